The van der Waals surface area contributed by atoms with Crippen LogP contribution in [0.15, 0.2) is 30.3 Å². The highest BCUT2D eigenvalue weighted by Crippen LogP contribution is 2.17. The normalized spacial score (nSPS) is 17.6. The van der Waals surface area contributed by atoms with Gasteiger partial charge in [0.1, 0.15) is 6.61 Å². The molecule has 3 rings (SSSR count). The maximum atomic E-state index is 12.3. The zero-order valence-electron chi connectivity index (χ0n) is 14.9. The average molecular weight is 363 g/mol. The molecule has 0 bridgehead atoms. The summed E-state index contributed by atoms with van der Waals surface area (Å²) in [6.07, 6.45) is -0.302. The monoisotopic (exact) mass is 363 g/mol. The lowest BCUT2D eigenvalue weighted by molar-refractivity contribution is -0.142. The van der Waals surface area contributed by atoms with Gasteiger partial charge in [0.15, 0.2) is 0 Å². The third-order valence-corrected chi connectivity index (χ3v) is 4.47. The maximum Gasteiger partial charge on any atom is 0.410 e. The zero-order valence-corrected chi connectivity index (χ0v) is 14.9. The Morgan fingerprint density at radius 3 is 2.19 bits per heavy atom. The molecule has 1 aromatic rings. The first-order valence-electron chi connectivity index (χ1n) is 8.56. The Morgan fingerprint density at radius 1 is 1.12 bits per heavy atom. The molecule has 0 aliphatic carbocycles. The van der Waals surface area contributed by atoms with Crippen LogP contribution < -0.4 is 0 Å². The van der Waals surface area contributed by atoms with E-state index in [0.29, 0.717) is 26.2 Å². The molecule has 2 saturated heterocycles. The van der Waals surface area contributed by atoms with Gasteiger partial charge in [-0.1, -0.05) is 30.3 Å². The van der Waals surface area contributed by atoms with Crippen molar-refractivity contribution in [3.05, 3.63) is 35.9 Å². The molecule has 2 amide bonds. The van der Waals surface area contributed by atoms with E-state index in [1.165, 1.54) is 0 Å². The van der Waals surface area contributed by atoms with E-state index in [-0.39, 0.29) is 31.0 Å². The molecule has 0 aromatic heterocycles. The molecule has 0 spiro atoms. The van der Waals surface area contributed by atoms with Gasteiger partial charge in [0.2, 0.25) is 5.91 Å². The van der Waals surface area contributed by atoms with Gasteiger partial charge in [-0.05, 0) is 12.6 Å². The molecule has 0 atom stereocenters. The van der Waals surface area contributed by atoms with Crippen molar-refractivity contribution in [3.63, 3.8) is 0 Å². The number of benzene rings is 1. The van der Waals surface area contributed by atoms with E-state index in [0.717, 1.165) is 18.7 Å². The lowest BCUT2D eigenvalue weighted by Crippen LogP contribution is -2.57. The van der Waals surface area contributed by atoms with Crippen LogP contribution in [-0.2, 0) is 20.9 Å². The van der Waals surface area contributed by atoms with E-state index in [4.69, 9.17) is 14.6 Å². The van der Waals surface area contributed by atoms with E-state index in [9.17, 15) is 9.59 Å². The third-order valence-electron chi connectivity index (χ3n) is 4.47. The highest BCUT2D eigenvalue weighted by molar-refractivity contribution is 5.80. The van der Waals surface area contributed by atoms with Crippen molar-refractivity contribution in [2.75, 3.05) is 46.3 Å². The van der Waals surface area contributed by atoms with Gasteiger partial charge in [0.05, 0.1) is 5.92 Å². The minimum Gasteiger partial charge on any atom is -0.483 e. The fraction of sp³-hybridized carbons (Fsp3) is 0.500. The summed E-state index contributed by atoms with van der Waals surface area (Å²) in [6, 6.07) is 9.64. The predicted molar refractivity (Wildman–Crippen MR) is 94.5 cm³/mol. The highest BCUT2D eigenvalue weighted by Gasteiger charge is 2.35. The average Bonchev–Trinajstić information content (AvgIpc) is 2.64. The fourth-order valence-corrected chi connectivity index (χ4v) is 3.03. The van der Waals surface area contributed by atoms with Crippen molar-refractivity contribution < 1.29 is 24.2 Å². The number of nitrogens with zero attached hydrogens (tertiary/aromatic N) is 3. The van der Waals surface area contributed by atoms with E-state index in [2.05, 4.69) is 4.90 Å². The highest BCUT2D eigenvalue weighted by atomic mass is 16.6. The first-order chi connectivity index (χ1) is 12.5. The number of carbonyl (C=O) groups is 3. The zero-order chi connectivity index (χ0) is 18.9. The number of amides is 2. The Morgan fingerprint density at radius 2 is 1.65 bits per heavy atom. The standard InChI is InChI=1S/C17H23N3O3.CH2O2/c1-18-11-15(12-18)16(21)19-7-9-20(10-8-19)17(22)23-13-14-5-3-2-4-6-14;2-1-3/h2-6,15H,7-13H2,1H3;1H,(H,2,3). The number of ether oxygens (including phenoxy) is 1. The quantitative estimate of drug-likeness (QED) is 0.797. The predicted octanol–water partition coefficient (Wildman–Crippen LogP) is 0.730. The Labute approximate surface area is 152 Å². The fourth-order valence-electron chi connectivity index (χ4n) is 3.03. The number of carbonyl (C=O) groups excluding carboxylic acids is 2. The van der Waals surface area contributed by atoms with Crippen molar-refractivity contribution in [1.82, 2.24) is 14.7 Å². The van der Waals surface area contributed by atoms with Crippen molar-refractivity contribution in [2.45, 2.75) is 6.61 Å². The molecule has 2 heterocycles. The number of hydrogen-bond acceptors (Lipinski definition) is 5. The summed E-state index contributed by atoms with van der Waals surface area (Å²) in [5.41, 5.74) is 0.976. The van der Waals surface area contributed by atoms with Crippen LogP contribution in [0.2, 0.25) is 0 Å². The summed E-state index contributed by atoms with van der Waals surface area (Å²) in [4.78, 5) is 38.4. The summed E-state index contributed by atoms with van der Waals surface area (Å²) in [6.45, 7) is 4.01. The van der Waals surface area contributed by atoms with Crippen LogP contribution in [0.3, 0.4) is 0 Å². The van der Waals surface area contributed by atoms with Gasteiger partial charge < -0.3 is 24.5 Å². The van der Waals surface area contributed by atoms with E-state index >= 15 is 0 Å². The largest absolute Gasteiger partial charge is 0.483 e. The van der Waals surface area contributed by atoms with Crippen molar-refractivity contribution in [2.24, 2.45) is 5.92 Å². The SMILES string of the molecule is CN1CC(C(=O)N2CCN(C(=O)OCc3ccccc3)CC2)C1.O=CO. The molecule has 2 aliphatic heterocycles. The topological polar surface area (TPSA) is 90.4 Å². The summed E-state index contributed by atoms with van der Waals surface area (Å²) in [5.74, 6) is 0.358. The summed E-state index contributed by atoms with van der Waals surface area (Å²) < 4.78 is 5.33. The number of piperazine rings is 1. The second-order valence-electron chi connectivity index (χ2n) is 6.38. The van der Waals surface area contributed by atoms with E-state index < -0.39 is 0 Å². The Kier molecular flexibility index (Phi) is 7.40. The van der Waals surface area contributed by atoms with Crippen LogP contribution >= 0.6 is 0 Å². The molecule has 0 unspecified atom stereocenters. The van der Waals surface area contributed by atoms with Gasteiger partial charge in [-0.2, -0.15) is 0 Å². The second kappa shape index (κ2) is 9.76. The van der Waals surface area contributed by atoms with Gasteiger partial charge in [-0.3, -0.25) is 9.59 Å². The molecule has 0 saturated carbocycles. The molecule has 8 heteroatoms. The smallest absolute Gasteiger partial charge is 0.410 e. The van der Waals surface area contributed by atoms with Crippen molar-refractivity contribution >= 4 is 18.5 Å². The van der Waals surface area contributed by atoms with Crippen LogP contribution in [0.1, 0.15) is 5.56 Å². The summed E-state index contributed by atoms with van der Waals surface area (Å²) >= 11 is 0. The molecule has 1 N–H and O–H groups in total. The molecule has 142 valence electrons. The lowest BCUT2D eigenvalue weighted by Gasteiger charge is -2.41. The number of hydrogen-bond donors (Lipinski definition) is 1. The Hall–Kier alpha value is -2.61. The first kappa shape index (κ1) is 19.7. The minimum atomic E-state index is -0.302. The van der Waals surface area contributed by atoms with Crippen LogP contribution in [0.25, 0.3) is 0 Å². The van der Waals surface area contributed by atoms with Crippen molar-refractivity contribution in [3.8, 4) is 0 Å². The number of carboxylic acid groups (broad SMARTS) is 1. The van der Waals surface area contributed by atoms with E-state index in [1.54, 1.807) is 4.90 Å². The molecule has 2 aliphatic rings. The lowest BCUT2D eigenvalue weighted by atomic mass is 9.99. The van der Waals surface area contributed by atoms with Gasteiger partial charge in [0, 0.05) is 39.3 Å². The molecule has 2 fully saturated rings. The van der Waals surface area contributed by atoms with Crippen molar-refractivity contribution in [1.29, 1.82) is 0 Å². The molecule has 26 heavy (non-hydrogen) atoms. The van der Waals surface area contributed by atoms with Gasteiger partial charge in [0.25, 0.3) is 6.47 Å². The number of rotatable bonds is 3. The number of likely N-dealkylation sites (tertiary alicyclic amines) is 1. The van der Waals surface area contributed by atoms with Gasteiger partial charge in [-0.15, -0.1) is 0 Å². The first-order valence-corrected chi connectivity index (χ1v) is 8.56. The van der Waals surface area contributed by atoms with Crippen LogP contribution in [0.5, 0.6) is 0 Å². The van der Waals surface area contributed by atoms with Crippen LogP contribution in [0, 0.1) is 5.92 Å². The van der Waals surface area contributed by atoms with Crippen LogP contribution in [-0.4, -0.2) is 84.6 Å². The Balaban J connectivity index is 0.000000758. The minimum absolute atomic E-state index is 0.136. The van der Waals surface area contributed by atoms with Gasteiger partial charge >= 0.3 is 6.09 Å². The molecule has 8 nitrogen and oxygen atoms in total. The summed E-state index contributed by atoms with van der Waals surface area (Å²) in [5, 5.41) is 6.89. The molecule has 0 radical (unpaired) electrons. The molecular weight excluding hydrogens is 338 g/mol. The molecular formula is C18H25N3O5. The third kappa shape index (κ3) is 5.45. The summed E-state index contributed by atoms with van der Waals surface area (Å²) in [7, 11) is 2.02. The van der Waals surface area contributed by atoms with Gasteiger partial charge in [-0.25, -0.2) is 4.79 Å². The van der Waals surface area contributed by atoms with E-state index in [1.807, 2.05) is 42.3 Å². The molecule has 1 aromatic carbocycles. The second-order valence-corrected chi connectivity index (χ2v) is 6.38. The maximum absolute atomic E-state index is 12.3. The van der Waals surface area contributed by atoms with Crippen LogP contribution in [0.4, 0.5) is 4.79 Å². The Bertz CT molecular complexity index is 596.